The van der Waals surface area contributed by atoms with Crippen LogP contribution < -0.4 is 4.90 Å². The van der Waals surface area contributed by atoms with Crippen molar-refractivity contribution >= 4 is 23.6 Å². The molecule has 0 unspecified atom stereocenters. The first-order valence-electron chi connectivity index (χ1n) is 4.71. The highest BCUT2D eigenvalue weighted by Crippen LogP contribution is 2.30. The average Bonchev–Trinajstić information content (AvgIpc) is 2.17. The molecule has 0 spiro atoms. The summed E-state index contributed by atoms with van der Waals surface area (Å²) >= 11 is 5.96. The first kappa shape index (κ1) is 9.53. The van der Waals surface area contributed by atoms with Crippen molar-refractivity contribution in [2.45, 2.75) is 12.8 Å². The molecule has 0 aliphatic carbocycles. The molecule has 0 amide bonds. The summed E-state index contributed by atoms with van der Waals surface area (Å²) in [5.41, 5.74) is 2.97. The lowest BCUT2D eigenvalue weighted by molar-refractivity contribution is 0.112. The van der Waals surface area contributed by atoms with Gasteiger partial charge in [0.1, 0.15) is 0 Å². The highest BCUT2D eigenvalue weighted by molar-refractivity contribution is 6.33. The molecule has 14 heavy (non-hydrogen) atoms. The number of benzene rings is 1. The van der Waals surface area contributed by atoms with Crippen molar-refractivity contribution in [1.29, 1.82) is 0 Å². The number of aryl methyl sites for hydroxylation is 1. The van der Waals surface area contributed by atoms with E-state index in [1.165, 1.54) is 5.56 Å². The molecule has 0 fully saturated rings. The van der Waals surface area contributed by atoms with Gasteiger partial charge in [-0.25, -0.2) is 0 Å². The second-order valence-corrected chi connectivity index (χ2v) is 4.05. The molecular weight excluding hydrogens is 198 g/mol. The van der Waals surface area contributed by atoms with Gasteiger partial charge in [-0.15, -0.1) is 0 Å². The molecule has 2 rings (SSSR count). The van der Waals surface area contributed by atoms with Crippen LogP contribution in [0.4, 0.5) is 5.69 Å². The van der Waals surface area contributed by atoms with Crippen LogP contribution in [-0.2, 0) is 6.42 Å². The van der Waals surface area contributed by atoms with Crippen molar-refractivity contribution < 1.29 is 4.79 Å². The van der Waals surface area contributed by atoms with E-state index in [1.54, 1.807) is 0 Å². The van der Waals surface area contributed by atoms with Crippen molar-refractivity contribution in [3.63, 3.8) is 0 Å². The minimum Gasteiger partial charge on any atom is -0.374 e. The van der Waals surface area contributed by atoms with Gasteiger partial charge in [-0.2, -0.15) is 0 Å². The Kier molecular flexibility index (Phi) is 2.46. The van der Waals surface area contributed by atoms with Crippen molar-refractivity contribution in [2.75, 3.05) is 18.5 Å². The Morgan fingerprint density at radius 3 is 3.00 bits per heavy atom. The van der Waals surface area contributed by atoms with Gasteiger partial charge in [0, 0.05) is 24.8 Å². The lowest BCUT2D eigenvalue weighted by Gasteiger charge is -2.27. The lowest BCUT2D eigenvalue weighted by Crippen LogP contribution is -2.24. The summed E-state index contributed by atoms with van der Waals surface area (Å²) < 4.78 is 0. The molecule has 0 N–H and O–H groups in total. The van der Waals surface area contributed by atoms with Gasteiger partial charge >= 0.3 is 0 Å². The number of anilines is 1. The van der Waals surface area contributed by atoms with E-state index in [0.29, 0.717) is 10.6 Å². The van der Waals surface area contributed by atoms with E-state index >= 15 is 0 Å². The normalized spacial score (nSPS) is 15.1. The zero-order chi connectivity index (χ0) is 10.1. The molecule has 1 aromatic rings. The van der Waals surface area contributed by atoms with E-state index in [1.807, 2.05) is 19.2 Å². The second-order valence-electron chi connectivity index (χ2n) is 3.65. The quantitative estimate of drug-likeness (QED) is 0.663. The molecule has 0 atom stereocenters. The van der Waals surface area contributed by atoms with Gasteiger partial charge in [-0.1, -0.05) is 11.6 Å². The van der Waals surface area contributed by atoms with E-state index in [0.717, 1.165) is 31.4 Å². The zero-order valence-corrected chi connectivity index (χ0v) is 8.84. The number of nitrogens with zero attached hydrogens (tertiary/aromatic N) is 1. The molecule has 0 saturated heterocycles. The number of aldehydes is 1. The highest BCUT2D eigenvalue weighted by atomic mass is 35.5. The summed E-state index contributed by atoms with van der Waals surface area (Å²) in [7, 11) is 2.04. The third kappa shape index (κ3) is 1.50. The molecule has 74 valence electrons. The SMILES string of the molecule is CN1CCCc2cc(Cl)c(C=O)cc21. The second kappa shape index (κ2) is 3.62. The van der Waals surface area contributed by atoms with E-state index < -0.39 is 0 Å². The van der Waals surface area contributed by atoms with Gasteiger partial charge in [0.2, 0.25) is 0 Å². The molecular formula is C11H12ClNO. The number of hydrogen-bond donors (Lipinski definition) is 0. The minimum absolute atomic E-state index is 0.564. The van der Waals surface area contributed by atoms with Crippen LogP contribution in [0.5, 0.6) is 0 Å². The van der Waals surface area contributed by atoms with Crippen LogP contribution in [0.3, 0.4) is 0 Å². The molecule has 0 radical (unpaired) electrons. The number of fused-ring (bicyclic) bond motifs is 1. The Morgan fingerprint density at radius 1 is 1.50 bits per heavy atom. The van der Waals surface area contributed by atoms with Gasteiger partial charge in [0.25, 0.3) is 0 Å². The minimum atomic E-state index is 0.564. The largest absolute Gasteiger partial charge is 0.374 e. The number of carbonyl (C=O) groups is 1. The number of rotatable bonds is 1. The van der Waals surface area contributed by atoms with E-state index in [9.17, 15) is 4.79 Å². The molecule has 1 heterocycles. The van der Waals surface area contributed by atoms with Crippen molar-refractivity contribution in [2.24, 2.45) is 0 Å². The highest BCUT2D eigenvalue weighted by Gasteiger charge is 2.15. The van der Waals surface area contributed by atoms with Crippen LogP contribution in [0.15, 0.2) is 12.1 Å². The predicted octanol–water partition coefficient (Wildman–Crippen LogP) is 2.53. The summed E-state index contributed by atoms with van der Waals surface area (Å²) in [4.78, 5) is 12.9. The Hall–Kier alpha value is -1.02. The van der Waals surface area contributed by atoms with E-state index in [4.69, 9.17) is 11.6 Å². The third-order valence-corrected chi connectivity index (χ3v) is 3.00. The zero-order valence-electron chi connectivity index (χ0n) is 8.09. The fourth-order valence-electron chi connectivity index (χ4n) is 1.89. The van der Waals surface area contributed by atoms with Crippen LogP contribution in [-0.4, -0.2) is 19.9 Å². The average molecular weight is 210 g/mol. The van der Waals surface area contributed by atoms with Gasteiger partial charge in [-0.3, -0.25) is 4.79 Å². The monoisotopic (exact) mass is 209 g/mol. The third-order valence-electron chi connectivity index (χ3n) is 2.68. The summed E-state index contributed by atoms with van der Waals surface area (Å²) in [6.07, 6.45) is 3.02. The van der Waals surface area contributed by atoms with Crippen LogP contribution in [0.1, 0.15) is 22.3 Å². The molecule has 0 bridgehead atoms. The Labute approximate surface area is 88.5 Å². The summed E-state index contributed by atoms with van der Waals surface area (Å²) in [6.45, 7) is 1.05. The molecule has 2 nitrogen and oxygen atoms in total. The predicted molar refractivity (Wildman–Crippen MR) is 58.4 cm³/mol. The van der Waals surface area contributed by atoms with Gasteiger partial charge in [-0.05, 0) is 30.5 Å². The van der Waals surface area contributed by atoms with E-state index in [2.05, 4.69) is 4.90 Å². The molecule has 3 heteroatoms. The summed E-state index contributed by atoms with van der Waals surface area (Å²) in [5.74, 6) is 0. The summed E-state index contributed by atoms with van der Waals surface area (Å²) in [5, 5.41) is 0.564. The van der Waals surface area contributed by atoms with Crippen LogP contribution in [0.25, 0.3) is 0 Å². The first-order valence-corrected chi connectivity index (χ1v) is 5.09. The maximum Gasteiger partial charge on any atom is 0.151 e. The number of carbonyl (C=O) groups excluding carboxylic acids is 1. The smallest absolute Gasteiger partial charge is 0.151 e. The molecule has 0 aromatic heterocycles. The van der Waals surface area contributed by atoms with Gasteiger partial charge in [0.05, 0.1) is 5.02 Å². The maximum absolute atomic E-state index is 10.7. The molecule has 1 aliphatic rings. The fraction of sp³-hybridized carbons (Fsp3) is 0.364. The standard InChI is InChI=1S/C11H12ClNO/c1-13-4-2-3-8-5-10(12)9(7-14)6-11(8)13/h5-7H,2-4H2,1H3. The molecule has 1 aliphatic heterocycles. The Bertz CT molecular complexity index is 376. The first-order chi connectivity index (χ1) is 6.72. The number of hydrogen-bond acceptors (Lipinski definition) is 2. The van der Waals surface area contributed by atoms with Crippen molar-refractivity contribution in [1.82, 2.24) is 0 Å². The van der Waals surface area contributed by atoms with Gasteiger partial charge in [0.15, 0.2) is 6.29 Å². The van der Waals surface area contributed by atoms with Crippen LogP contribution in [0.2, 0.25) is 5.02 Å². The van der Waals surface area contributed by atoms with Crippen molar-refractivity contribution in [3.05, 3.63) is 28.3 Å². The number of halogens is 1. The van der Waals surface area contributed by atoms with Gasteiger partial charge < -0.3 is 4.90 Å². The Morgan fingerprint density at radius 2 is 2.29 bits per heavy atom. The molecule has 0 saturated carbocycles. The van der Waals surface area contributed by atoms with E-state index in [-0.39, 0.29) is 0 Å². The van der Waals surface area contributed by atoms with Crippen LogP contribution in [0, 0.1) is 0 Å². The van der Waals surface area contributed by atoms with Crippen LogP contribution >= 0.6 is 11.6 Å². The van der Waals surface area contributed by atoms with Crippen molar-refractivity contribution in [3.8, 4) is 0 Å². The maximum atomic E-state index is 10.7. The Balaban J connectivity index is 2.54. The molecule has 1 aromatic carbocycles. The topological polar surface area (TPSA) is 20.3 Å². The lowest BCUT2D eigenvalue weighted by atomic mass is 10.0. The summed E-state index contributed by atoms with van der Waals surface area (Å²) in [6, 6.07) is 3.79. The fourth-order valence-corrected chi connectivity index (χ4v) is 2.12.